The second kappa shape index (κ2) is 5.19. The van der Waals surface area contributed by atoms with Gasteiger partial charge in [0.1, 0.15) is 11.3 Å². The fraction of sp³-hybridized carbons (Fsp3) is 0.118. The summed E-state index contributed by atoms with van der Waals surface area (Å²) in [6.07, 6.45) is 3.38. The van der Waals surface area contributed by atoms with E-state index in [0.29, 0.717) is 5.52 Å². The quantitative estimate of drug-likeness (QED) is 0.681. The molecule has 0 N–H and O–H groups in total. The van der Waals surface area contributed by atoms with Gasteiger partial charge in [-0.2, -0.15) is 0 Å². The largest absolute Gasteiger partial charge is 0.253 e. The van der Waals surface area contributed by atoms with Gasteiger partial charge >= 0.3 is 0 Å². The number of aryl methyl sites for hydroxylation is 2. The summed E-state index contributed by atoms with van der Waals surface area (Å²) in [6, 6.07) is 17.6. The van der Waals surface area contributed by atoms with Crippen molar-refractivity contribution in [2.75, 3.05) is 0 Å². The molecule has 0 atom stereocenters. The topological polar surface area (TPSA) is 12.9 Å². The van der Waals surface area contributed by atoms with Gasteiger partial charge in [-0.25, -0.2) is 4.39 Å². The Hall–Kier alpha value is -2.22. The minimum atomic E-state index is -0.235. The molecule has 0 amide bonds. The van der Waals surface area contributed by atoms with Gasteiger partial charge in [-0.05, 0) is 42.2 Å². The van der Waals surface area contributed by atoms with Crippen molar-refractivity contribution in [2.45, 2.75) is 12.8 Å². The summed E-state index contributed by atoms with van der Waals surface area (Å²) in [6.45, 7) is 0. The van der Waals surface area contributed by atoms with Crippen molar-refractivity contribution in [3.05, 3.63) is 77.7 Å². The molecule has 0 aliphatic heterocycles. The molecule has 0 radical (unpaired) electrons. The number of fused-ring (bicyclic) bond motifs is 1. The van der Waals surface area contributed by atoms with E-state index in [0.717, 1.165) is 23.8 Å². The molecule has 0 spiro atoms. The van der Waals surface area contributed by atoms with E-state index in [1.807, 2.05) is 36.4 Å². The molecule has 0 saturated heterocycles. The molecule has 0 saturated carbocycles. The molecule has 0 aliphatic rings. The molecule has 3 rings (SSSR count). The highest BCUT2D eigenvalue weighted by Gasteiger charge is 2.04. The smallest absolute Gasteiger partial charge is 0.149 e. The Kier molecular flexibility index (Phi) is 3.23. The first kappa shape index (κ1) is 11.8. The minimum Gasteiger partial charge on any atom is -0.253 e. The summed E-state index contributed by atoms with van der Waals surface area (Å²) in [7, 11) is 0. The first-order valence-corrected chi connectivity index (χ1v) is 6.40. The number of rotatable bonds is 3. The molecule has 0 fully saturated rings. The van der Waals surface area contributed by atoms with E-state index in [4.69, 9.17) is 0 Å². The number of halogens is 1. The molecule has 0 bridgehead atoms. The number of hydrogen-bond acceptors (Lipinski definition) is 1. The van der Waals surface area contributed by atoms with E-state index < -0.39 is 0 Å². The van der Waals surface area contributed by atoms with Gasteiger partial charge in [0.2, 0.25) is 0 Å². The molecule has 1 nitrogen and oxygen atoms in total. The average molecular weight is 251 g/mol. The van der Waals surface area contributed by atoms with Crippen molar-refractivity contribution in [1.82, 2.24) is 4.98 Å². The van der Waals surface area contributed by atoms with Crippen LogP contribution < -0.4 is 0 Å². The lowest BCUT2D eigenvalue weighted by Gasteiger charge is -2.05. The van der Waals surface area contributed by atoms with Crippen molar-refractivity contribution < 1.29 is 4.39 Å². The highest BCUT2D eigenvalue weighted by molar-refractivity contribution is 5.79. The first-order valence-electron chi connectivity index (χ1n) is 6.40. The van der Waals surface area contributed by atoms with Crippen molar-refractivity contribution >= 4 is 10.9 Å². The predicted octanol–water partition coefficient (Wildman–Crippen LogP) is 4.16. The Morgan fingerprint density at radius 3 is 2.47 bits per heavy atom. The normalized spacial score (nSPS) is 10.8. The summed E-state index contributed by atoms with van der Waals surface area (Å²) in [5.41, 5.74) is 2.74. The third kappa shape index (κ3) is 2.63. The lowest BCUT2D eigenvalue weighted by molar-refractivity contribution is 0.634. The number of pyridine rings is 1. The standard InChI is InChI=1S/C17H14FN/c18-16-12-14(9-8-13-5-2-1-3-6-13)11-15-7-4-10-19-17(15)16/h1-7,10-12H,8-9H2. The van der Waals surface area contributed by atoms with Crippen LogP contribution in [0.25, 0.3) is 10.9 Å². The van der Waals surface area contributed by atoms with E-state index in [1.54, 1.807) is 12.3 Å². The Balaban J connectivity index is 1.85. The molecule has 0 aliphatic carbocycles. The van der Waals surface area contributed by atoms with E-state index in [9.17, 15) is 4.39 Å². The summed E-state index contributed by atoms with van der Waals surface area (Å²) < 4.78 is 13.9. The van der Waals surface area contributed by atoms with Crippen LogP contribution >= 0.6 is 0 Å². The molecule has 1 aromatic heterocycles. The highest BCUT2D eigenvalue weighted by atomic mass is 19.1. The van der Waals surface area contributed by atoms with Gasteiger partial charge in [-0.15, -0.1) is 0 Å². The molecular weight excluding hydrogens is 237 g/mol. The Bertz CT molecular complexity index is 692. The molecule has 2 aromatic carbocycles. The van der Waals surface area contributed by atoms with Crippen LogP contribution in [0.15, 0.2) is 60.8 Å². The van der Waals surface area contributed by atoms with Gasteiger partial charge in [0, 0.05) is 11.6 Å². The fourth-order valence-electron chi connectivity index (χ4n) is 2.28. The lowest BCUT2D eigenvalue weighted by atomic mass is 10.0. The molecule has 3 aromatic rings. The van der Waals surface area contributed by atoms with Crippen LogP contribution in [0.5, 0.6) is 0 Å². The molecule has 94 valence electrons. The number of aromatic nitrogens is 1. The molecule has 0 unspecified atom stereocenters. The zero-order chi connectivity index (χ0) is 13.1. The van der Waals surface area contributed by atoms with E-state index >= 15 is 0 Å². The Labute approximate surface area is 111 Å². The van der Waals surface area contributed by atoms with Gasteiger partial charge in [0.25, 0.3) is 0 Å². The first-order chi connectivity index (χ1) is 9.33. The Morgan fingerprint density at radius 2 is 1.63 bits per heavy atom. The molecule has 19 heavy (non-hydrogen) atoms. The number of nitrogens with zero attached hydrogens (tertiary/aromatic N) is 1. The van der Waals surface area contributed by atoms with Gasteiger partial charge in [0.05, 0.1) is 0 Å². The summed E-state index contributed by atoms with van der Waals surface area (Å²) in [5.74, 6) is -0.235. The van der Waals surface area contributed by atoms with Gasteiger partial charge < -0.3 is 0 Å². The van der Waals surface area contributed by atoms with Crippen LogP contribution in [0.2, 0.25) is 0 Å². The van der Waals surface area contributed by atoms with Crippen LogP contribution in [-0.4, -0.2) is 4.98 Å². The van der Waals surface area contributed by atoms with Crippen LogP contribution in [0.4, 0.5) is 4.39 Å². The monoisotopic (exact) mass is 251 g/mol. The zero-order valence-corrected chi connectivity index (χ0v) is 10.5. The summed E-state index contributed by atoms with van der Waals surface area (Å²) in [4.78, 5) is 4.07. The van der Waals surface area contributed by atoms with Crippen LogP contribution in [0.3, 0.4) is 0 Å². The van der Waals surface area contributed by atoms with E-state index in [2.05, 4.69) is 17.1 Å². The average Bonchev–Trinajstić information content (AvgIpc) is 2.46. The van der Waals surface area contributed by atoms with Gasteiger partial charge in [0.15, 0.2) is 0 Å². The minimum absolute atomic E-state index is 0.235. The van der Waals surface area contributed by atoms with E-state index in [1.165, 1.54) is 5.56 Å². The van der Waals surface area contributed by atoms with Gasteiger partial charge in [-0.1, -0.05) is 36.4 Å². The molecule has 1 heterocycles. The van der Waals surface area contributed by atoms with Crippen molar-refractivity contribution in [3.63, 3.8) is 0 Å². The second-order valence-corrected chi connectivity index (χ2v) is 4.64. The van der Waals surface area contributed by atoms with Crippen LogP contribution in [-0.2, 0) is 12.8 Å². The van der Waals surface area contributed by atoms with Gasteiger partial charge in [-0.3, -0.25) is 4.98 Å². The molecular formula is C17H14FN. The van der Waals surface area contributed by atoms with E-state index in [-0.39, 0.29) is 5.82 Å². The van der Waals surface area contributed by atoms with Crippen molar-refractivity contribution in [2.24, 2.45) is 0 Å². The third-order valence-electron chi connectivity index (χ3n) is 3.26. The third-order valence-corrected chi connectivity index (χ3v) is 3.26. The van der Waals surface area contributed by atoms with Crippen molar-refractivity contribution in [3.8, 4) is 0 Å². The zero-order valence-electron chi connectivity index (χ0n) is 10.5. The maximum Gasteiger partial charge on any atom is 0.149 e. The fourth-order valence-corrected chi connectivity index (χ4v) is 2.28. The predicted molar refractivity (Wildman–Crippen MR) is 75.6 cm³/mol. The maximum absolute atomic E-state index is 13.9. The van der Waals surface area contributed by atoms with Crippen LogP contribution in [0.1, 0.15) is 11.1 Å². The highest BCUT2D eigenvalue weighted by Crippen LogP contribution is 2.19. The summed E-state index contributed by atoms with van der Waals surface area (Å²) >= 11 is 0. The van der Waals surface area contributed by atoms with Crippen LogP contribution in [0, 0.1) is 5.82 Å². The summed E-state index contributed by atoms with van der Waals surface area (Å²) in [5, 5.41) is 0.866. The SMILES string of the molecule is Fc1cc(CCc2ccccc2)cc2cccnc12. The number of hydrogen-bond donors (Lipinski definition) is 0. The lowest BCUT2D eigenvalue weighted by Crippen LogP contribution is -1.93. The second-order valence-electron chi connectivity index (χ2n) is 4.64. The number of benzene rings is 2. The van der Waals surface area contributed by atoms with Crippen molar-refractivity contribution in [1.29, 1.82) is 0 Å². The molecule has 2 heteroatoms. The Morgan fingerprint density at radius 1 is 0.842 bits per heavy atom. The maximum atomic E-state index is 13.9.